The fourth-order valence-corrected chi connectivity index (χ4v) is 2.34. The van der Waals surface area contributed by atoms with Gasteiger partial charge in [0, 0.05) is 18.3 Å². The van der Waals surface area contributed by atoms with Gasteiger partial charge in [0.15, 0.2) is 0 Å². The molecule has 2 atom stereocenters. The average Bonchev–Trinajstić information content (AvgIpc) is 2.69. The summed E-state index contributed by atoms with van der Waals surface area (Å²) in [6.07, 6.45) is 6.69. The molecule has 2 heterocycles. The molecule has 1 aromatic heterocycles. The predicted octanol–water partition coefficient (Wildman–Crippen LogP) is 1.81. The zero-order valence-corrected chi connectivity index (χ0v) is 9.23. The summed E-state index contributed by atoms with van der Waals surface area (Å²) in [7, 11) is 0. The Balaban J connectivity index is 2.17. The van der Waals surface area contributed by atoms with E-state index in [1.165, 1.54) is 6.42 Å². The van der Waals surface area contributed by atoms with Crippen molar-refractivity contribution in [3.63, 3.8) is 0 Å². The van der Waals surface area contributed by atoms with Crippen molar-refractivity contribution in [3.05, 3.63) is 18.0 Å². The van der Waals surface area contributed by atoms with Crippen LogP contribution in [0.1, 0.15) is 43.5 Å². The number of aromatic nitrogens is 2. The van der Waals surface area contributed by atoms with Crippen molar-refractivity contribution in [2.24, 2.45) is 0 Å². The standard InChI is InChI=1S/C11H17N3O/c1-8-4-3-5-9(2)14(8)11(15)10-6-12-13-7-10/h6-9H,3-5H2,1-2H3,(H,12,13). The zero-order chi connectivity index (χ0) is 10.8. The number of rotatable bonds is 1. The van der Waals surface area contributed by atoms with E-state index in [9.17, 15) is 4.79 Å². The number of likely N-dealkylation sites (tertiary alicyclic amines) is 1. The van der Waals surface area contributed by atoms with Crippen LogP contribution in [0.3, 0.4) is 0 Å². The number of carbonyl (C=O) groups is 1. The third kappa shape index (κ3) is 1.89. The summed E-state index contributed by atoms with van der Waals surface area (Å²) in [5.41, 5.74) is 0.663. The Hall–Kier alpha value is -1.32. The number of H-pyrrole nitrogens is 1. The van der Waals surface area contributed by atoms with Crippen LogP contribution in [-0.2, 0) is 0 Å². The van der Waals surface area contributed by atoms with Gasteiger partial charge in [0.2, 0.25) is 0 Å². The van der Waals surface area contributed by atoms with E-state index in [0.29, 0.717) is 17.6 Å². The number of hydrogen-bond acceptors (Lipinski definition) is 2. The number of piperidine rings is 1. The molecule has 1 N–H and O–H groups in total. The fourth-order valence-electron chi connectivity index (χ4n) is 2.34. The molecule has 4 heteroatoms. The zero-order valence-electron chi connectivity index (χ0n) is 9.23. The van der Waals surface area contributed by atoms with Crippen LogP contribution >= 0.6 is 0 Å². The van der Waals surface area contributed by atoms with Crippen molar-refractivity contribution in [2.45, 2.75) is 45.2 Å². The molecule has 4 nitrogen and oxygen atoms in total. The SMILES string of the molecule is CC1CCCC(C)N1C(=O)c1cn[nH]c1. The summed E-state index contributed by atoms with van der Waals surface area (Å²) in [5, 5.41) is 6.50. The molecule has 1 fully saturated rings. The highest BCUT2D eigenvalue weighted by atomic mass is 16.2. The van der Waals surface area contributed by atoms with Crippen LogP contribution in [0, 0.1) is 0 Å². The lowest BCUT2D eigenvalue weighted by atomic mass is 9.97. The Morgan fingerprint density at radius 2 is 2.13 bits per heavy atom. The van der Waals surface area contributed by atoms with Crippen LogP contribution in [0.25, 0.3) is 0 Å². The number of carbonyl (C=O) groups excluding carboxylic acids is 1. The second-order valence-electron chi connectivity index (χ2n) is 4.33. The van der Waals surface area contributed by atoms with Crippen LogP contribution in [0.4, 0.5) is 0 Å². The Morgan fingerprint density at radius 1 is 1.47 bits per heavy atom. The van der Waals surface area contributed by atoms with Crippen molar-refractivity contribution in [1.82, 2.24) is 15.1 Å². The molecule has 0 aliphatic carbocycles. The number of amides is 1. The van der Waals surface area contributed by atoms with E-state index >= 15 is 0 Å². The van der Waals surface area contributed by atoms with Crippen molar-refractivity contribution in [3.8, 4) is 0 Å². The van der Waals surface area contributed by atoms with Crippen molar-refractivity contribution >= 4 is 5.91 Å². The van der Waals surface area contributed by atoms with Gasteiger partial charge in [-0.3, -0.25) is 9.89 Å². The van der Waals surface area contributed by atoms with Gasteiger partial charge in [0.1, 0.15) is 0 Å². The molecular formula is C11H17N3O. The molecule has 1 saturated heterocycles. The van der Waals surface area contributed by atoms with E-state index in [0.717, 1.165) is 12.8 Å². The molecule has 1 amide bonds. The van der Waals surface area contributed by atoms with E-state index in [1.807, 2.05) is 4.90 Å². The van der Waals surface area contributed by atoms with E-state index in [-0.39, 0.29) is 5.91 Å². The highest BCUT2D eigenvalue weighted by molar-refractivity contribution is 5.94. The second kappa shape index (κ2) is 4.04. The third-order valence-electron chi connectivity index (χ3n) is 3.17. The highest BCUT2D eigenvalue weighted by Gasteiger charge is 2.29. The smallest absolute Gasteiger partial charge is 0.257 e. The van der Waals surface area contributed by atoms with Gasteiger partial charge in [-0.15, -0.1) is 0 Å². The second-order valence-corrected chi connectivity index (χ2v) is 4.33. The summed E-state index contributed by atoms with van der Waals surface area (Å²) in [6, 6.07) is 0.687. The van der Waals surface area contributed by atoms with Crippen LogP contribution in [0.2, 0.25) is 0 Å². The number of hydrogen-bond donors (Lipinski definition) is 1. The maximum atomic E-state index is 12.1. The Bertz CT molecular complexity index is 324. The first kappa shape index (κ1) is 10.2. The van der Waals surface area contributed by atoms with E-state index in [4.69, 9.17) is 0 Å². The first-order valence-electron chi connectivity index (χ1n) is 5.51. The van der Waals surface area contributed by atoms with Crippen LogP contribution in [0.15, 0.2) is 12.4 Å². The van der Waals surface area contributed by atoms with Crippen molar-refractivity contribution in [1.29, 1.82) is 0 Å². The number of nitrogens with one attached hydrogen (secondary N) is 1. The fraction of sp³-hybridized carbons (Fsp3) is 0.636. The number of aromatic amines is 1. The molecule has 1 aliphatic heterocycles. The van der Waals surface area contributed by atoms with Crippen LogP contribution < -0.4 is 0 Å². The maximum Gasteiger partial charge on any atom is 0.257 e. The monoisotopic (exact) mass is 207 g/mol. The Labute approximate surface area is 89.7 Å². The molecular weight excluding hydrogens is 190 g/mol. The minimum atomic E-state index is 0.100. The maximum absolute atomic E-state index is 12.1. The Morgan fingerprint density at radius 3 is 2.67 bits per heavy atom. The lowest BCUT2D eigenvalue weighted by molar-refractivity contribution is 0.0511. The number of nitrogens with zero attached hydrogens (tertiary/aromatic N) is 2. The van der Waals surface area contributed by atoms with Crippen molar-refractivity contribution < 1.29 is 4.79 Å². The van der Waals surface area contributed by atoms with E-state index < -0.39 is 0 Å². The molecule has 1 aromatic rings. The summed E-state index contributed by atoms with van der Waals surface area (Å²) < 4.78 is 0. The van der Waals surface area contributed by atoms with Gasteiger partial charge < -0.3 is 4.90 Å². The summed E-state index contributed by atoms with van der Waals surface area (Å²) >= 11 is 0. The van der Waals surface area contributed by atoms with Gasteiger partial charge in [-0.1, -0.05) is 0 Å². The molecule has 0 saturated carbocycles. The molecule has 2 rings (SSSR count). The van der Waals surface area contributed by atoms with Gasteiger partial charge in [0.25, 0.3) is 5.91 Å². The van der Waals surface area contributed by atoms with Gasteiger partial charge in [-0.05, 0) is 33.1 Å². The van der Waals surface area contributed by atoms with E-state index in [1.54, 1.807) is 12.4 Å². The Kier molecular flexibility index (Phi) is 2.75. The highest BCUT2D eigenvalue weighted by Crippen LogP contribution is 2.24. The largest absolute Gasteiger partial charge is 0.333 e. The lowest BCUT2D eigenvalue weighted by Crippen LogP contribution is -2.47. The van der Waals surface area contributed by atoms with Gasteiger partial charge in [-0.2, -0.15) is 5.10 Å². The van der Waals surface area contributed by atoms with Gasteiger partial charge in [0.05, 0.1) is 11.8 Å². The predicted molar refractivity (Wildman–Crippen MR) is 57.5 cm³/mol. The minimum absolute atomic E-state index is 0.100. The summed E-state index contributed by atoms with van der Waals surface area (Å²) in [4.78, 5) is 14.1. The average molecular weight is 207 g/mol. The molecule has 0 radical (unpaired) electrons. The minimum Gasteiger partial charge on any atom is -0.333 e. The summed E-state index contributed by atoms with van der Waals surface area (Å²) in [5.74, 6) is 0.100. The van der Waals surface area contributed by atoms with Crippen LogP contribution in [-0.4, -0.2) is 33.1 Å². The first-order valence-corrected chi connectivity index (χ1v) is 5.51. The lowest BCUT2D eigenvalue weighted by Gasteiger charge is -2.38. The normalized spacial score (nSPS) is 26.7. The molecule has 15 heavy (non-hydrogen) atoms. The molecule has 0 bridgehead atoms. The third-order valence-corrected chi connectivity index (χ3v) is 3.17. The topological polar surface area (TPSA) is 49.0 Å². The molecule has 0 aromatic carbocycles. The van der Waals surface area contributed by atoms with Crippen LogP contribution in [0.5, 0.6) is 0 Å². The quantitative estimate of drug-likeness (QED) is 0.763. The molecule has 1 aliphatic rings. The molecule has 0 spiro atoms. The molecule has 2 unspecified atom stereocenters. The summed E-state index contributed by atoms with van der Waals surface area (Å²) in [6.45, 7) is 4.24. The molecule has 82 valence electrons. The van der Waals surface area contributed by atoms with Crippen molar-refractivity contribution in [2.75, 3.05) is 0 Å². The van der Waals surface area contributed by atoms with Gasteiger partial charge in [-0.25, -0.2) is 0 Å². The first-order chi connectivity index (χ1) is 7.20. The van der Waals surface area contributed by atoms with E-state index in [2.05, 4.69) is 24.0 Å². The van der Waals surface area contributed by atoms with Gasteiger partial charge >= 0.3 is 0 Å².